The quantitative estimate of drug-likeness (QED) is 0.449. The lowest BCUT2D eigenvalue weighted by molar-refractivity contribution is -0.121. The highest BCUT2D eigenvalue weighted by Crippen LogP contribution is 2.56. The Labute approximate surface area is 163 Å². The van der Waals surface area contributed by atoms with Gasteiger partial charge in [-0.3, -0.25) is 4.79 Å². The van der Waals surface area contributed by atoms with Crippen molar-refractivity contribution in [1.29, 1.82) is 0 Å². The standard InChI is InChI=1S/C25H26OP/c1-25(2,3)24(26)19-20-27(21-13-7-4-8-14-21,22-15-9-5-10-16-22)23-17-11-6-12-18-23/h4-20H,1-3H3/q+1. The topological polar surface area (TPSA) is 17.1 Å². The molecule has 0 fully saturated rings. The summed E-state index contributed by atoms with van der Waals surface area (Å²) >= 11 is 0. The minimum Gasteiger partial charge on any atom is -0.294 e. The molecular formula is C25H26OP+. The van der Waals surface area contributed by atoms with E-state index in [9.17, 15) is 4.79 Å². The van der Waals surface area contributed by atoms with Gasteiger partial charge in [0.05, 0.1) is 5.82 Å². The molecule has 0 atom stereocenters. The minimum absolute atomic E-state index is 0.148. The molecule has 0 aliphatic carbocycles. The molecule has 0 heterocycles. The Morgan fingerprint density at radius 2 is 1.00 bits per heavy atom. The average Bonchev–Trinajstić information content (AvgIpc) is 2.70. The van der Waals surface area contributed by atoms with Crippen molar-refractivity contribution in [1.82, 2.24) is 0 Å². The van der Waals surface area contributed by atoms with Crippen LogP contribution in [0.2, 0.25) is 0 Å². The average molecular weight is 373 g/mol. The number of ketones is 1. The SMILES string of the molecule is CC(C)(C)C(=O)C=C[P+](c1ccccc1)(c1ccccc1)c1ccccc1. The first kappa shape index (κ1) is 19.3. The van der Waals surface area contributed by atoms with Crippen LogP contribution in [-0.4, -0.2) is 5.78 Å². The third-order valence-corrected chi connectivity index (χ3v) is 8.61. The number of allylic oxidation sites excluding steroid dienone is 1. The van der Waals surface area contributed by atoms with Crippen molar-refractivity contribution in [3.63, 3.8) is 0 Å². The smallest absolute Gasteiger partial charge is 0.164 e. The van der Waals surface area contributed by atoms with E-state index in [1.807, 2.05) is 39.0 Å². The van der Waals surface area contributed by atoms with Crippen LogP contribution in [0, 0.1) is 5.41 Å². The number of hydrogen-bond acceptors (Lipinski definition) is 1. The van der Waals surface area contributed by atoms with Crippen LogP contribution in [0.1, 0.15) is 20.8 Å². The zero-order valence-corrected chi connectivity index (χ0v) is 17.1. The monoisotopic (exact) mass is 373 g/mol. The molecule has 2 heteroatoms. The van der Waals surface area contributed by atoms with Gasteiger partial charge in [-0.05, 0) is 36.4 Å². The first-order chi connectivity index (χ1) is 12.9. The van der Waals surface area contributed by atoms with Crippen molar-refractivity contribution in [3.8, 4) is 0 Å². The van der Waals surface area contributed by atoms with Crippen molar-refractivity contribution < 1.29 is 4.79 Å². The lowest BCUT2D eigenvalue weighted by atomic mass is 9.91. The number of carbonyl (C=O) groups excluding carboxylic acids is 1. The molecule has 0 spiro atoms. The first-order valence-electron chi connectivity index (χ1n) is 9.24. The molecule has 0 aliphatic rings. The second-order valence-electron chi connectivity index (χ2n) is 7.66. The molecule has 0 aliphatic heterocycles. The van der Waals surface area contributed by atoms with E-state index in [1.165, 1.54) is 15.9 Å². The fourth-order valence-corrected chi connectivity index (χ4v) is 6.82. The van der Waals surface area contributed by atoms with Gasteiger partial charge in [-0.1, -0.05) is 75.4 Å². The van der Waals surface area contributed by atoms with E-state index < -0.39 is 12.7 Å². The van der Waals surface area contributed by atoms with E-state index in [1.54, 1.807) is 6.08 Å². The molecule has 136 valence electrons. The molecule has 0 N–H and O–H groups in total. The third kappa shape index (κ3) is 4.10. The molecule has 3 rings (SSSR count). The van der Waals surface area contributed by atoms with E-state index in [0.717, 1.165) is 0 Å². The Morgan fingerprint density at radius 1 is 0.667 bits per heavy atom. The molecule has 0 saturated heterocycles. The normalized spacial score (nSPS) is 12.3. The summed E-state index contributed by atoms with van der Waals surface area (Å²) in [5.74, 6) is 2.33. The van der Waals surface area contributed by atoms with Crippen LogP contribution < -0.4 is 15.9 Å². The zero-order valence-electron chi connectivity index (χ0n) is 16.2. The molecular weight excluding hydrogens is 347 g/mol. The van der Waals surface area contributed by atoms with Crippen LogP contribution in [-0.2, 0) is 4.79 Å². The van der Waals surface area contributed by atoms with E-state index in [2.05, 4.69) is 78.6 Å². The highest BCUT2D eigenvalue weighted by atomic mass is 31.2. The maximum atomic E-state index is 12.7. The van der Waals surface area contributed by atoms with Crippen molar-refractivity contribution in [2.45, 2.75) is 20.8 Å². The van der Waals surface area contributed by atoms with Gasteiger partial charge in [-0.25, -0.2) is 0 Å². The van der Waals surface area contributed by atoms with Gasteiger partial charge in [0.1, 0.15) is 23.2 Å². The fourth-order valence-electron chi connectivity index (χ4n) is 3.12. The Balaban J connectivity index is 2.30. The molecule has 0 radical (unpaired) electrons. The maximum Gasteiger partial charge on any atom is 0.164 e. The predicted molar refractivity (Wildman–Crippen MR) is 119 cm³/mol. The minimum atomic E-state index is -2.08. The molecule has 0 aromatic heterocycles. The third-order valence-electron chi connectivity index (χ3n) is 4.68. The summed E-state index contributed by atoms with van der Waals surface area (Å²) in [4.78, 5) is 12.7. The summed E-state index contributed by atoms with van der Waals surface area (Å²) in [6, 6.07) is 31.7. The van der Waals surface area contributed by atoms with Crippen LogP contribution in [0.15, 0.2) is 103 Å². The molecule has 3 aromatic rings. The Hall–Kier alpha value is -2.50. The molecule has 0 unspecified atom stereocenters. The van der Waals surface area contributed by atoms with E-state index in [-0.39, 0.29) is 5.78 Å². The molecule has 0 bridgehead atoms. The maximum absolute atomic E-state index is 12.7. The summed E-state index contributed by atoms with van der Waals surface area (Å²) in [6.07, 6.45) is 1.81. The summed E-state index contributed by atoms with van der Waals surface area (Å²) < 4.78 is 0. The van der Waals surface area contributed by atoms with Gasteiger partial charge in [0, 0.05) is 11.5 Å². The molecule has 0 amide bonds. The molecule has 27 heavy (non-hydrogen) atoms. The van der Waals surface area contributed by atoms with Gasteiger partial charge in [-0.2, -0.15) is 0 Å². The summed E-state index contributed by atoms with van der Waals surface area (Å²) in [5, 5.41) is 3.75. The van der Waals surface area contributed by atoms with Gasteiger partial charge in [0.2, 0.25) is 0 Å². The molecule has 1 nitrogen and oxygen atoms in total. The highest BCUT2D eigenvalue weighted by molar-refractivity contribution is 7.98. The number of hydrogen-bond donors (Lipinski definition) is 0. The van der Waals surface area contributed by atoms with Crippen LogP contribution in [0.3, 0.4) is 0 Å². The Bertz CT molecular complexity index is 810. The fraction of sp³-hybridized carbons (Fsp3) is 0.160. The number of rotatable bonds is 5. The highest BCUT2D eigenvalue weighted by Gasteiger charge is 2.43. The van der Waals surface area contributed by atoms with Crippen LogP contribution in [0.4, 0.5) is 0 Å². The summed E-state index contributed by atoms with van der Waals surface area (Å²) in [6.45, 7) is 5.90. The number of benzene rings is 3. The zero-order chi connectivity index (χ0) is 19.3. The molecule has 3 aromatic carbocycles. The lowest BCUT2D eigenvalue weighted by Gasteiger charge is -2.24. The van der Waals surface area contributed by atoms with E-state index >= 15 is 0 Å². The predicted octanol–water partition coefficient (Wildman–Crippen LogP) is 5.11. The van der Waals surface area contributed by atoms with E-state index in [0.29, 0.717) is 0 Å². The van der Waals surface area contributed by atoms with Crippen molar-refractivity contribution >= 4 is 29.0 Å². The van der Waals surface area contributed by atoms with Crippen LogP contribution >= 0.6 is 7.26 Å². The van der Waals surface area contributed by atoms with Gasteiger partial charge in [-0.15, -0.1) is 0 Å². The molecule has 0 saturated carbocycles. The second kappa shape index (κ2) is 8.03. The summed E-state index contributed by atoms with van der Waals surface area (Å²) in [5.41, 5.74) is -0.393. The second-order valence-corrected chi connectivity index (χ2v) is 11.0. The summed E-state index contributed by atoms with van der Waals surface area (Å²) in [7, 11) is -2.08. The largest absolute Gasteiger partial charge is 0.294 e. The van der Waals surface area contributed by atoms with Crippen molar-refractivity contribution in [2.24, 2.45) is 5.41 Å². The van der Waals surface area contributed by atoms with Crippen molar-refractivity contribution in [3.05, 3.63) is 103 Å². The van der Waals surface area contributed by atoms with Gasteiger partial charge in [0.15, 0.2) is 5.78 Å². The Morgan fingerprint density at radius 3 is 1.30 bits per heavy atom. The Kier molecular flexibility index (Phi) is 5.73. The van der Waals surface area contributed by atoms with Crippen LogP contribution in [0.5, 0.6) is 0 Å². The van der Waals surface area contributed by atoms with Crippen molar-refractivity contribution in [2.75, 3.05) is 0 Å². The van der Waals surface area contributed by atoms with Gasteiger partial charge >= 0.3 is 0 Å². The van der Waals surface area contributed by atoms with Gasteiger partial charge < -0.3 is 0 Å². The lowest BCUT2D eigenvalue weighted by Crippen LogP contribution is -2.30. The van der Waals surface area contributed by atoms with E-state index in [4.69, 9.17) is 0 Å². The van der Waals surface area contributed by atoms with Gasteiger partial charge in [0.25, 0.3) is 0 Å². The first-order valence-corrected chi connectivity index (χ1v) is 11.1. The number of carbonyl (C=O) groups is 1. The van der Waals surface area contributed by atoms with Crippen LogP contribution in [0.25, 0.3) is 0 Å².